The second-order valence-electron chi connectivity index (χ2n) is 13.4. The van der Waals surface area contributed by atoms with Gasteiger partial charge in [0, 0.05) is 5.41 Å². The first-order valence-electron chi connectivity index (χ1n) is 16.0. The minimum Gasteiger partial charge on any atom is -0.290 e. The average Bonchev–Trinajstić information content (AvgIpc) is 3.45. The van der Waals surface area contributed by atoms with E-state index in [1.165, 1.54) is 43.1 Å². The molecule has 7 aromatic rings. The molecule has 46 heavy (non-hydrogen) atoms. The molecule has 0 saturated heterocycles. The van der Waals surface area contributed by atoms with Crippen LogP contribution in [-0.4, -0.2) is 11.6 Å². The summed E-state index contributed by atoms with van der Waals surface area (Å²) < 4.78 is 0. The number of hydrogen-bond acceptors (Lipinski definition) is 2. The molecule has 1 fully saturated rings. The predicted molar refractivity (Wildman–Crippen MR) is 188 cm³/mol. The molecule has 11 rings (SSSR count). The quantitative estimate of drug-likeness (QED) is 0.149. The van der Waals surface area contributed by atoms with Crippen molar-refractivity contribution in [2.45, 2.75) is 18.8 Å². The molecule has 2 heteroatoms. The first kappa shape index (κ1) is 25.7. The highest BCUT2D eigenvalue weighted by Crippen LogP contribution is 2.63. The summed E-state index contributed by atoms with van der Waals surface area (Å²) >= 11 is 0. The highest BCUT2D eigenvalue weighted by Gasteiger charge is 2.59. The Balaban J connectivity index is 1.08. The standard InChI is InChI=1S/C44H28O2/c1-44-24-36(32-13-12-31-17-26-7-3-5-9-28(26)19-35(31)21-32)23-39(44)40-37-15-14-33(22-38(37)41(44)43(46)42(40)45)29-10-11-30-16-25-6-2-4-8-27(25)18-34(30)20-29/h2-24,40-41H,1H3. The van der Waals surface area contributed by atoms with Gasteiger partial charge in [-0.2, -0.15) is 0 Å². The van der Waals surface area contributed by atoms with Gasteiger partial charge in [0.1, 0.15) is 0 Å². The summed E-state index contributed by atoms with van der Waals surface area (Å²) in [4.78, 5) is 27.4. The highest BCUT2D eigenvalue weighted by molar-refractivity contribution is 6.45. The predicted octanol–water partition coefficient (Wildman–Crippen LogP) is 10.3. The molecular formula is C44H28O2. The van der Waals surface area contributed by atoms with Gasteiger partial charge in [-0.15, -0.1) is 0 Å². The van der Waals surface area contributed by atoms with Crippen LogP contribution in [0.5, 0.6) is 0 Å². The Kier molecular flexibility index (Phi) is 5.02. The van der Waals surface area contributed by atoms with Crippen molar-refractivity contribution in [3.63, 3.8) is 0 Å². The molecule has 2 nitrogen and oxygen atoms in total. The lowest BCUT2D eigenvalue weighted by Gasteiger charge is -2.48. The summed E-state index contributed by atoms with van der Waals surface area (Å²) in [6.45, 7) is 2.15. The Bertz CT molecular complexity index is 2600. The summed E-state index contributed by atoms with van der Waals surface area (Å²) in [6, 6.07) is 45.4. The fourth-order valence-electron chi connectivity index (χ4n) is 8.56. The van der Waals surface area contributed by atoms with Crippen molar-refractivity contribution in [1.82, 2.24) is 0 Å². The molecular weight excluding hydrogens is 560 g/mol. The van der Waals surface area contributed by atoms with E-state index in [0.29, 0.717) is 0 Å². The van der Waals surface area contributed by atoms with Gasteiger partial charge in [-0.1, -0.05) is 110 Å². The fourth-order valence-corrected chi connectivity index (χ4v) is 8.56. The van der Waals surface area contributed by atoms with Gasteiger partial charge in [0.2, 0.25) is 11.6 Å². The topological polar surface area (TPSA) is 34.1 Å². The van der Waals surface area contributed by atoms with E-state index in [0.717, 1.165) is 39.0 Å². The Labute approximate surface area is 266 Å². The largest absolute Gasteiger partial charge is 0.290 e. The monoisotopic (exact) mass is 588 g/mol. The Morgan fingerprint density at radius 2 is 0.978 bits per heavy atom. The van der Waals surface area contributed by atoms with E-state index >= 15 is 0 Å². The fraction of sp³-hybridized carbons (Fsp3) is 0.0909. The first-order valence-corrected chi connectivity index (χ1v) is 16.0. The molecule has 3 unspecified atom stereocenters. The van der Waals surface area contributed by atoms with Crippen molar-refractivity contribution in [2.24, 2.45) is 5.41 Å². The second-order valence-corrected chi connectivity index (χ2v) is 13.4. The molecule has 0 radical (unpaired) electrons. The summed E-state index contributed by atoms with van der Waals surface area (Å²) in [5, 5.41) is 9.66. The molecule has 1 saturated carbocycles. The van der Waals surface area contributed by atoms with E-state index in [4.69, 9.17) is 0 Å². The molecule has 2 bridgehead atoms. The third-order valence-electron chi connectivity index (χ3n) is 10.9. The first-order chi connectivity index (χ1) is 22.4. The van der Waals surface area contributed by atoms with E-state index in [1.807, 2.05) is 0 Å². The molecule has 0 spiro atoms. The third kappa shape index (κ3) is 3.47. The second kappa shape index (κ2) is 8.99. The average molecular weight is 589 g/mol. The van der Waals surface area contributed by atoms with Gasteiger partial charge < -0.3 is 0 Å². The lowest BCUT2D eigenvalue weighted by Crippen LogP contribution is -2.49. The van der Waals surface area contributed by atoms with Crippen molar-refractivity contribution in [1.29, 1.82) is 0 Å². The van der Waals surface area contributed by atoms with Crippen molar-refractivity contribution in [3.8, 4) is 11.1 Å². The molecule has 0 N–H and O–H groups in total. The van der Waals surface area contributed by atoms with Crippen molar-refractivity contribution in [2.75, 3.05) is 0 Å². The maximum atomic E-state index is 13.8. The van der Waals surface area contributed by atoms with Crippen LogP contribution < -0.4 is 0 Å². The van der Waals surface area contributed by atoms with Crippen molar-refractivity contribution >= 4 is 60.2 Å². The summed E-state index contributed by atoms with van der Waals surface area (Å²) in [5.41, 5.74) is 6.85. The summed E-state index contributed by atoms with van der Waals surface area (Å²) in [5.74, 6) is -1.60. The van der Waals surface area contributed by atoms with Gasteiger partial charge in [-0.3, -0.25) is 9.59 Å². The molecule has 3 atom stereocenters. The molecule has 0 aliphatic heterocycles. The van der Waals surface area contributed by atoms with Crippen LogP contribution in [0.15, 0.2) is 145 Å². The van der Waals surface area contributed by atoms with Crippen LogP contribution in [0.4, 0.5) is 0 Å². The van der Waals surface area contributed by atoms with Crippen LogP contribution >= 0.6 is 0 Å². The van der Waals surface area contributed by atoms with Crippen LogP contribution in [0.25, 0.3) is 59.8 Å². The number of ketones is 2. The molecule has 7 aromatic carbocycles. The van der Waals surface area contributed by atoms with E-state index < -0.39 is 17.3 Å². The van der Waals surface area contributed by atoms with Crippen LogP contribution in [0.3, 0.4) is 0 Å². The maximum Gasteiger partial charge on any atom is 0.210 e. The smallest absolute Gasteiger partial charge is 0.210 e. The number of hydrogen-bond donors (Lipinski definition) is 0. The SMILES string of the molecule is CC12C=C(c3ccc4cc5ccccc5cc4c3)C=C1C1C(=O)C(=O)C2c2cc(-c3ccc4cc5ccccc5cc4c3)ccc21. The molecule has 0 heterocycles. The lowest BCUT2D eigenvalue weighted by atomic mass is 9.52. The summed E-state index contributed by atoms with van der Waals surface area (Å²) in [6.07, 6.45) is 4.44. The minimum atomic E-state index is -0.544. The highest BCUT2D eigenvalue weighted by atomic mass is 16.2. The zero-order valence-corrected chi connectivity index (χ0v) is 25.3. The number of Topliss-reactive ketones (excluding diaryl/α,β-unsaturated/α-hetero) is 2. The number of rotatable bonds is 2. The van der Waals surface area contributed by atoms with Gasteiger partial charge in [-0.05, 0) is 118 Å². The number of allylic oxidation sites excluding steroid dienone is 4. The van der Waals surface area contributed by atoms with E-state index in [-0.39, 0.29) is 11.6 Å². The maximum absolute atomic E-state index is 13.8. The lowest BCUT2D eigenvalue weighted by molar-refractivity contribution is -0.141. The Morgan fingerprint density at radius 1 is 0.478 bits per heavy atom. The van der Waals surface area contributed by atoms with Crippen LogP contribution in [0.1, 0.15) is 35.4 Å². The Morgan fingerprint density at radius 3 is 1.61 bits per heavy atom. The Hall–Kier alpha value is -5.60. The van der Waals surface area contributed by atoms with Gasteiger partial charge in [0.25, 0.3) is 0 Å². The van der Waals surface area contributed by atoms with E-state index in [1.54, 1.807) is 0 Å². The van der Waals surface area contributed by atoms with Gasteiger partial charge in [0.05, 0.1) is 11.8 Å². The zero-order valence-electron chi connectivity index (χ0n) is 25.3. The molecule has 0 aromatic heterocycles. The summed E-state index contributed by atoms with van der Waals surface area (Å²) in [7, 11) is 0. The van der Waals surface area contributed by atoms with Crippen LogP contribution in [0.2, 0.25) is 0 Å². The number of carbonyl (C=O) groups is 2. The van der Waals surface area contributed by atoms with Crippen molar-refractivity contribution < 1.29 is 9.59 Å². The number of fused-ring (bicyclic) bond motifs is 5. The third-order valence-corrected chi connectivity index (χ3v) is 10.9. The van der Waals surface area contributed by atoms with Crippen LogP contribution in [-0.2, 0) is 9.59 Å². The van der Waals surface area contributed by atoms with Gasteiger partial charge in [-0.25, -0.2) is 0 Å². The number of carbonyl (C=O) groups excluding carboxylic acids is 2. The molecule has 4 aliphatic rings. The minimum absolute atomic E-state index is 0.262. The number of benzene rings is 7. The van der Waals surface area contributed by atoms with E-state index in [2.05, 4.69) is 146 Å². The van der Waals surface area contributed by atoms with Gasteiger partial charge in [0.15, 0.2) is 0 Å². The molecule has 0 amide bonds. The van der Waals surface area contributed by atoms with Gasteiger partial charge >= 0.3 is 0 Å². The molecule has 4 aliphatic carbocycles. The van der Waals surface area contributed by atoms with Crippen molar-refractivity contribution in [3.05, 3.63) is 162 Å². The van der Waals surface area contributed by atoms with E-state index in [9.17, 15) is 9.59 Å². The normalized spacial score (nSPS) is 21.6. The van der Waals surface area contributed by atoms with Crippen LogP contribution in [0, 0.1) is 5.41 Å². The molecule has 216 valence electrons. The zero-order chi connectivity index (χ0) is 30.7.